The minimum Gasteiger partial charge on any atom is -0.343 e. The molecule has 2 aromatic carbocycles. The van der Waals surface area contributed by atoms with Crippen molar-refractivity contribution in [2.45, 2.75) is 0 Å². The third-order valence-corrected chi connectivity index (χ3v) is 2.94. The van der Waals surface area contributed by atoms with Gasteiger partial charge in [0.25, 0.3) is 5.91 Å². The van der Waals surface area contributed by atoms with Crippen LogP contribution >= 0.6 is 11.6 Å². The van der Waals surface area contributed by atoms with Gasteiger partial charge in [-0.1, -0.05) is 17.7 Å². The van der Waals surface area contributed by atoms with Gasteiger partial charge in [0.15, 0.2) is 0 Å². The smallest absolute Gasteiger partial charge is 0.251 e. The van der Waals surface area contributed by atoms with E-state index >= 15 is 0 Å². The number of hydrogen-bond acceptors (Lipinski definition) is 2. The number of carbonyl (C=O) groups excluding carboxylic acids is 2. The number of anilines is 1. The van der Waals surface area contributed by atoms with Crippen LogP contribution in [0.5, 0.6) is 0 Å². The van der Waals surface area contributed by atoms with Gasteiger partial charge in [-0.2, -0.15) is 0 Å². The first-order valence-electron chi connectivity index (χ1n) is 6.24. The lowest BCUT2D eigenvalue weighted by atomic mass is 10.2. The molecule has 2 rings (SSSR count). The topological polar surface area (TPSA) is 58.2 Å². The number of carbonyl (C=O) groups is 2. The van der Waals surface area contributed by atoms with Crippen molar-refractivity contribution in [1.29, 1.82) is 0 Å². The lowest BCUT2D eigenvalue weighted by Gasteiger charge is -2.08. The number of halogens is 3. The van der Waals surface area contributed by atoms with Crippen LogP contribution in [0.15, 0.2) is 42.5 Å². The summed E-state index contributed by atoms with van der Waals surface area (Å²) in [7, 11) is 0. The van der Waals surface area contributed by atoms with Crippen molar-refractivity contribution < 1.29 is 18.4 Å². The maximum Gasteiger partial charge on any atom is 0.251 e. The first kappa shape index (κ1) is 15.9. The molecule has 0 saturated carbocycles. The number of benzene rings is 2. The Morgan fingerprint density at radius 1 is 1.09 bits per heavy atom. The van der Waals surface area contributed by atoms with Gasteiger partial charge in [-0.05, 0) is 30.3 Å². The Kier molecular flexibility index (Phi) is 5.06. The minimum absolute atomic E-state index is 0.164. The second kappa shape index (κ2) is 7.00. The van der Waals surface area contributed by atoms with Crippen molar-refractivity contribution in [1.82, 2.24) is 5.32 Å². The predicted octanol–water partition coefficient (Wildman–Crippen LogP) is 2.99. The summed E-state index contributed by atoms with van der Waals surface area (Å²) in [6, 6.07) is 8.98. The molecule has 7 heteroatoms. The first-order valence-corrected chi connectivity index (χ1v) is 6.62. The summed E-state index contributed by atoms with van der Waals surface area (Å²) in [6.45, 7) is -0.359. The van der Waals surface area contributed by atoms with Gasteiger partial charge in [0.05, 0.1) is 12.2 Å². The maximum absolute atomic E-state index is 13.4. The molecule has 4 nitrogen and oxygen atoms in total. The van der Waals surface area contributed by atoms with E-state index in [0.717, 1.165) is 12.1 Å². The summed E-state index contributed by atoms with van der Waals surface area (Å²) in [4.78, 5) is 23.4. The van der Waals surface area contributed by atoms with Gasteiger partial charge in [-0.3, -0.25) is 9.59 Å². The van der Waals surface area contributed by atoms with Crippen molar-refractivity contribution >= 4 is 29.1 Å². The van der Waals surface area contributed by atoms with Crippen molar-refractivity contribution in [2.24, 2.45) is 0 Å². The van der Waals surface area contributed by atoms with Crippen LogP contribution in [0, 0.1) is 11.6 Å². The number of hydrogen-bond donors (Lipinski definition) is 2. The zero-order chi connectivity index (χ0) is 16.1. The van der Waals surface area contributed by atoms with E-state index in [0.29, 0.717) is 16.7 Å². The number of nitrogens with one attached hydrogen (secondary N) is 2. The second-order valence-electron chi connectivity index (χ2n) is 4.37. The SMILES string of the molecule is O=C(CNC(=O)c1cccc(Cl)c1)Nc1ccc(F)cc1F. The van der Waals surface area contributed by atoms with E-state index in [2.05, 4.69) is 10.6 Å². The van der Waals surface area contributed by atoms with Gasteiger partial charge in [-0.25, -0.2) is 8.78 Å². The molecule has 0 bridgehead atoms. The molecule has 114 valence electrons. The summed E-state index contributed by atoms with van der Waals surface area (Å²) in [5.41, 5.74) is 0.136. The van der Waals surface area contributed by atoms with E-state index in [9.17, 15) is 18.4 Å². The van der Waals surface area contributed by atoms with Gasteiger partial charge in [0, 0.05) is 16.7 Å². The van der Waals surface area contributed by atoms with Crippen LogP contribution in [0.4, 0.5) is 14.5 Å². The van der Waals surface area contributed by atoms with Crippen LogP contribution in [0.2, 0.25) is 5.02 Å². The third-order valence-electron chi connectivity index (χ3n) is 2.70. The maximum atomic E-state index is 13.4. The molecule has 0 heterocycles. The Bertz CT molecular complexity index is 722. The molecule has 22 heavy (non-hydrogen) atoms. The zero-order valence-electron chi connectivity index (χ0n) is 11.2. The molecule has 0 aromatic heterocycles. The Balaban J connectivity index is 1.91. The van der Waals surface area contributed by atoms with Crippen LogP contribution < -0.4 is 10.6 Å². The molecule has 0 aliphatic heterocycles. The van der Waals surface area contributed by atoms with Crippen LogP contribution in [0.3, 0.4) is 0 Å². The van der Waals surface area contributed by atoms with Gasteiger partial charge in [0.2, 0.25) is 5.91 Å². The minimum atomic E-state index is -0.894. The summed E-state index contributed by atoms with van der Waals surface area (Å²) in [5.74, 6) is -2.77. The molecule has 0 radical (unpaired) electrons. The zero-order valence-corrected chi connectivity index (χ0v) is 12.0. The van der Waals surface area contributed by atoms with Crippen molar-refractivity contribution in [2.75, 3.05) is 11.9 Å². The number of amides is 2. The molecule has 0 spiro atoms. The number of rotatable bonds is 4. The van der Waals surface area contributed by atoms with Crippen molar-refractivity contribution in [3.05, 3.63) is 64.7 Å². The quantitative estimate of drug-likeness (QED) is 0.908. The molecule has 0 aliphatic rings. The molecule has 0 atom stereocenters. The van der Waals surface area contributed by atoms with Crippen molar-refractivity contribution in [3.63, 3.8) is 0 Å². The molecule has 0 unspecified atom stereocenters. The average Bonchev–Trinajstić information content (AvgIpc) is 2.47. The fourth-order valence-electron chi connectivity index (χ4n) is 1.68. The van der Waals surface area contributed by atoms with E-state index in [1.165, 1.54) is 6.07 Å². The van der Waals surface area contributed by atoms with E-state index in [1.807, 2.05) is 0 Å². The van der Waals surface area contributed by atoms with E-state index < -0.39 is 23.4 Å². The largest absolute Gasteiger partial charge is 0.343 e. The Labute approximate surface area is 130 Å². The Hall–Kier alpha value is -2.47. The lowest BCUT2D eigenvalue weighted by Crippen LogP contribution is -2.33. The highest BCUT2D eigenvalue weighted by atomic mass is 35.5. The molecule has 2 amide bonds. The molecular formula is C15H11ClF2N2O2. The molecule has 0 saturated heterocycles. The highest BCUT2D eigenvalue weighted by molar-refractivity contribution is 6.31. The normalized spacial score (nSPS) is 10.1. The standard InChI is InChI=1S/C15H11ClF2N2O2/c16-10-3-1-2-9(6-10)15(22)19-8-14(21)20-13-5-4-11(17)7-12(13)18/h1-7H,8H2,(H,19,22)(H,20,21). The third kappa shape index (κ3) is 4.26. The Morgan fingerprint density at radius 3 is 2.55 bits per heavy atom. The fraction of sp³-hybridized carbons (Fsp3) is 0.0667. The van der Waals surface area contributed by atoms with Crippen LogP contribution in [-0.4, -0.2) is 18.4 Å². The summed E-state index contributed by atoms with van der Waals surface area (Å²) in [6.07, 6.45) is 0. The summed E-state index contributed by atoms with van der Waals surface area (Å²) in [5, 5.41) is 5.00. The highest BCUT2D eigenvalue weighted by Gasteiger charge is 2.11. The molecule has 0 aliphatic carbocycles. The predicted molar refractivity (Wildman–Crippen MR) is 78.8 cm³/mol. The molecule has 2 aromatic rings. The molecular weight excluding hydrogens is 314 g/mol. The van der Waals surface area contributed by atoms with Gasteiger partial charge < -0.3 is 10.6 Å². The summed E-state index contributed by atoms with van der Waals surface area (Å²) >= 11 is 5.76. The van der Waals surface area contributed by atoms with Gasteiger partial charge in [-0.15, -0.1) is 0 Å². The average molecular weight is 325 g/mol. The highest BCUT2D eigenvalue weighted by Crippen LogP contribution is 2.14. The van der Waals surface area contributed by atoms with Crippen LogP contribution in [0.1, 0.15) is 10.4 Å². The van der Waals surface area contributed by atoms with Crippen molar-refractivity contribution in [3.8, 4) is 0 Å². The second-order valence-corrected chi connectivity index (χ2v) is 4.80. The van der Waals surface area contributed by atoms with E-state index in [1.54, 1.807) is 18.2 Å². The van der Waals surface area contributed by atoms with Gasteiger partial charge >= 0.3 is 0 Å². The van der Waals surface area contributed by atoms with Crippen LogP contribution in [-0.2, 0) is 4.79 Å². The first-order chi connectivity index (χ1) is 10.5. The molecule has 0 fully saturated rings. The molecule has 2 N–H and O–H groups in total. The van der Waals surface area contributed by atoms with E-state index in [4.69, 9.17) is 11.6 Å². The lowest BCUT2D eigenvalue weighted by molar-refractivity contribution is -0.115. The van der Waals surface area contributed by atoms with Crippen LogP contribution in [0.25, 0.3) is 0 Å². The monoisotopic (exact) mass is 324 g/mol. The van der Waals surface area contributed by atoms with E-state index in [-0.39, 0.29) is 12.2 Å². The summed E-state index contributed by atoms with van der Waals surface area (Å²) < 4.78 is 26.1. The fourth-order valence-corrected chi connectivity index (χ4v) is 1.87. The Morgan fingerprint density at radius 2 is 1.86 bits per heavy atom. The van der Waals surface area contributed by atoms with Gasteiger partial charge in [0.1, 0.15) is 11.6 Å².